The van der Waals surface area contributed by atoms with Crippen LogP contribution in [0.5, 0.6) is 0 Å². The Morgan fingerprint density at radius 1 is 1.18 bits per heavy atom. The molecule has 1 aromatic heterocycles. The molecular weight excluding hydrogens is 191 g/mol. The molecule has 0 radical (unpaired) electrons. The quantitative estimate of drug-likeness (QED) is 0.694. The number of nitrogens with two attached hydrogens (primary N) is 1. The number of hydrogen-bond donors (Lipinski definition) is 1. The van der Waals surface area contributed by atoms with Gasteiger partial charge in [0.15, 0.2) is 0 Å². The van der Waals surface area contributed by atoms with Crippen LogP contribution in [0.1, 0.15) is 10.6 Å². The molecule has 0 aliphatic heterocycles. The maximum absolute atomic E-state index is 10.5. The Hall–Kier alpha value is -0.940. The Morgan fingerprint density at radius 3 is 2.00 bits per heavy atom. The number of rotatable bonds is 1. The second-order valence-corrected chi connectivity index (χ2v) is 2.24. The third-order valence-corrected chi connectivity index (χ3v) is 1.14. The normalized spacial score (nSPS) is 9.64. The zero-order valence-electron chi connectivity index (χ0n) is 5.08. The highest BCUT2D eigenvalue weighted by Crippen LogP contribution is 2.05. The van der Waals surface area contributed by atoms with Gasteiger partial charge in [-0.15, -0.1) is 0 Å². The zero-order valence-corrected chi connectivity index (χ0v) is 6.60. The van der Waals surface area contributed by atoms with Crippen molar-refractivity contribution in [1.29, 1.82) is 0 Å². The first kappa shape index (κ1) is 8.16. The fourth-order valence-electron chi connectivity index (χ4n) is 0.436. The molecule has 2 N–H and O–H groups in total. The van der Waals surface area contributed by atoms with E-state index in [9.17, 15) is 4.79 Å². The summed E-state index contributed by atoms with van der Waals surface area (Å²) in [7, 11) is 0. The number of primary amides is 1. The summed E-state index contributed by atoms with van der Waals surface area (Å²) in [5.41, 5.74) is 4.84. The average molecular weight is 193 g/mol. The van der Waals surface area contributed by atoms with Gasteiger partial charge in [0.25, 0.3) is 5.91 Å². The standard InChI is InChI=1S/C4H2Cl2N4O/c5-3-8-2(1(7)11)9-4(6)10-3/h(H2,7,11). The Balaban J connectivity index is 3.19. The molecule has 11 heavy (non-hydrogen) atoms. The minimum absolute atomic E-state index is 0.154. The number of hydrogen-bond acceptors (Lipinski definition) is 4. The molecule has 0 spiro atoms. The van der Waals surface area contributed by atoms with E-state index in [-0.39, 0.29) is 16.4 Å². The lowest BCUT2D eigenvalue weighted by atomic mass is 10.6. The van der Waals surface area contributed by atoms with Gasteiger partial charge in [-0.1, -0.05) is 0 Å². The van der Waals surface area contributed by atoms with E-state index in [1.165, 1.54) is 0 Å². The molecule has 0 aromatic carbocycles. The molecule has 0 unspecified atom stereocenters. The van der Waals surface area contributed by atoms with Crippen molar-refractivity contribution in [2.24, 2.45) is 5.73 Å². The molecule has 0 saturated heterocycles. The molecule has 0 aliphatic rings. The lowest BCUT2D eigenvalue weighted by Gasteiger charge is -1.93. The third-order valence-electron chi connectivity index (χ3n) is 0.801. The summed E-state index contributed by atoms with van der Waals surface area (Å²) in [4.78, 5) is 20.7. The van der Waals surface area contributed by atoms with Crippen LogP contribution < -0.4 is 5.73 Å². The Bertz CT molecular complexity index is 282. The van der Waals surface area contributed by atoms with Gasteiger partial charge in [-0.25, -0.2) is 0 Å². The summed E-state index contributed by atoms with van der Waals surface area (Å²) < 4.78 is 0. The van der Waals surface area contributed by atoms with Crippen LogP contribution in [-0.4, -0.2) is 20.9 Å². The van der Waals surface area contributed by atoms with Gasteiger partial charge in [-0.3, -0.25) is 4.79 Å². The lowest BCUT2D eigenvalue weighted by Crippen LogP contribution is -2.15. The molecular formula is C4H2Cl2N4O. The fourth-order valence-corrected chi connectivity index (χ4v) is 0.800. The van der Waals surface area contributed by atoms with Gasteiger partial charge < -0.3 is 5.73 Å². The van der Waals surface area contributed by atoms with Crippen molar-refractivity contribution in [3.05, 3.63) is 16.4 Å². The van der Waals surface area contributed by atoms with Crippen LogP contribution in [-0.2, 0) is 0 Å². The Labute approximate surface area is 71.6 Å². The maximum atomic E-state index is 10.5. The maximum Gasteiger partial charge on any atom is 0.286 e. The van der Waals surface area contributed by atoms with Gasteiger partial charge >= 0.3 is 0 Å². The highest BCUT2D eigenvalue weighted by molar-refractivity contribution is 6.31. The number of carbonyl (C=O) groups excluding carboxylic acids is 1. The number of halogens is 2. The van der Waals surface area contributed by atoms with E-state index in [1.807, 2.05) is 0 Å². The molecule has 0 fully saturated rings. The summed E-state index contributed by atoms with van der Waals surface area (Å²) in [6, 6.07) is 0. The molecule has 0 bridgehead atoms. The monoisotopic (exact) mass is 192 g/mol. The molecule has 0 saturated carbocycles. The smallest absolute Gasteiger partial charge is 0.286 e. The Morgan fingerprint density at radius 2 is 1.64 bits per heavy atom. The predicted molar refractivity (Wildman–Crippen MR) is 38.4 cm³/mol. The van der Waals surface area contributed by atoms with Gasteiger partial charge in [-0.05, 0) is 23.2 Å². The first-order valence-corrected chi connectivity index (χ1v) is 3.22. The van der Waals surface area contributed by atoms with E-state index in [4.69, 9.17) is 28.9 Å². The van der Waals surface area contributed by atoms with Crippen LogP contribution in [0.15, 0.2) is 0 Å². The van der Waals surface area contributed by atoms with E-state index < -0.39 is 5.91 Å². The summed E-state index contributed by atoms with van der Waals surface area (Å²) >= 11 is 10.7. The Kier molecular flexibility index (Phi) is 2.21. The van der Waals surface area contributed by atoms with Crippen molar-refractivity contribution in [3.63, 3.8) is 0 Å². The SMILES string of the molecule is NC(=O)c1nc(Cl)nc(Cl)n1. The molecule has 1 rings (SSSR count). The van der Waals surface area contributed by atoms with Crippen LogP contribution in [0.3, 0.4) is 0 Å². The number of amides is 1. The highest BCUT2D eigenvalue weighted by Gasteiger charge is 2.07. The van der Waals surface area contributed by atoms with Gasteiger partial charge in [0.2, 0.25) is 16.4 Å². The van der Waals surface area contributed by atoms with Crippen molar-refractivity contribution in [3.8, 4) is 0 Å². The van der Waals surface area contributed by atoms with Gasteiger partial charge in [0, 0.05) is 0 Å². The first-order valence-electron chi connectivity index (χ1n) is 2.46. The second-order valence-electron chi connectivity index (χ2n) is 1.56. The van der Waals surface area contributed by atoms with Crippen LogP contribution in [0.4, 0.5) is 0 Å². The number of carbonyl (C=O) groups is 1. The van der Waals surface area contributed by atoms with E-state index in [0.29, 0.717) is 0 Å². The lowest BCUT2D eigenvalue weighted by molar-refractivity contribution is 0.0990. The molecule has 7 heteroatoms. The van der Waals surface area contributed by atoms with E-state index >= 15 is 0 Å². The highest BCUT2D eigenvalue weighted by atomic mass is 35.5. The van der Waals surface area contributed by atoms with E-state index in [0.717, 1.165) is 0 Å². The number of aromatic nitrogens is 3. The second kappa shape index (κ2) is 2.98. The first-order chi connectivity index (χ1) is 5.09. The summed E-state index contributed by atoms with van der Waals surface area (Å²) in [5.74, 6) is -1.04. The zero-order chi connectivity index (χ0) is 8.43. The molecule has 0 aliphatic carbocycles. The van der Waals surface area contributed by atoms with Gasteiger partial charge in [-0.2, -0.15) is 15.0 Å². The topological polar surface area (TPSA) is 81.8 Å². The van der Waals surface area contributed by atoms with Crippen LogP contribution in [0.2, 0.25) is 10.6 Å². The van der Waals surface area contributed by atoms with Gasteiger partial charge in [0.05, 0.1) is 0 Å². The number of nitrogens with zero attached hydrogens (tertiary/aromatic N) is 3. The largest absolute Gasteiger partial charge is 0.363 e. The third kappa shape index (κ3) is 1.99. The van der Waals surface area contributed by atoms with Crippen LogP contribution >= 0.6 is 23.2 Å². The van der Waals surface area contributed by atoms with Crippen LogP contribution in [0.25, 0.3) is 0 Å². The molecule has 1 aromatic rings. The van der Waals surface area contributed by atoms with Crippen molar-refractivity contribution >= 4 is 29.1 Å². The summed E-state index contributed by atoms with van der Waals surface area (Å²) in [6.07, 6.45) is 0. The van der Waals surface area contributed by atoms with Crippen molar-refractivity contribution < 1.29 is 4.79 Å². The molecule has 0 atom stereocenters. The van der Waals surface area contributed by atoms with Crippen molar-refractivity contribution in [2.45, 2.75) is 0 Å². The summed E-state index contributed by atoms with van der Waals surface area (Å²) in [5, 5.41) is -0.308. The molecule has 5 nitrogen and oxygen atoms in total. The molecule has 1 amide bonds. The average Bonchev–Trinajstić information content (AvgIpc) is 1.85. The predicted octanol–water partition coefficient (Wildman–Crippen LogP) is 0.277. The molecule has 58 valence electrons. The van der Waals surface area contributed by atoms with E-state index in [2.05, 4.69) is 15.0 Å². The van der Waals surface area contributed by atoms with Crippen molar-refractivity contribution in [1.82, 2.24) is 15.0 Å². The minimum Gasteiger partial charge on any atom is -0.363 e. The molecule has 1 heterocycles. The summed E-state index contributed by atoms with van der Waals surface area (Å²) in [6.45, 7) is 0. The van der Waals surface area contributed by atoms with E-state index in [1.54, 1.807) is 0 Å². The van der Waals surface area contributed by atoms with Gasteiger partial charge in [0.1, 0.15) is 0 Å². The van der Waals surface area contributed by atoms with Crippen LogP contribution in [0, 0.1) is 0 Å². The minimum atomic E-state index is -0.795. The van der Waals surface area contributed by atoms with Crippen molar-refractivity contribution in [2.75, 3.05) is 0 Å². The fraction of sp³-hybridized carbons (Fsp3) is 0.